The van der Waals surface area contributed by atoms with Crippen molar-refractivity contribution in [1.82, 2.24) is 15.1 Å². The number of allylic oxidation sites excluding steroid dienone is 4. The molecule has 0 fully saturated rings. The van der Waals surface area contributed by atoms with Gasteiger partial charge in [0.15, 0.2) is 0 Å². The van der Waals surface area contributed by atoms with Crippen LogP contribution in [-0.4, -0.2) is 64.4 Å². The third-order valence-electron chi connectivity index (χ3n) is 6.05. The first-order valence-electron chi connectivity index (χ1n) is 12.5. The monoisotopic (exact) mass is 527 g/mol. The van der Waals surface area contributed by atoms with Gasteiger partial charge in [-0.1, -0.05) is 17.7 Å². The number of nitrogens with one attached hydrogen (secondary N) is 3. The zero-order valence-corrected chi connectivity index (χ0v) is 22.9. The van der Waals surface area contributed by atoms with Crippen LogP contribution in [0, 0.1) is 16.6 Å². The number of hydrogen-bond acceptors (Lipinski definition) is 6. The molecule has 1 atom stereocenters. The zero-order valence-electron chi connectivity index (χ0n) is 22.9. The molecule has 1 aliphatic rings. The second-order valence-electron chi connectivity index (χ2n) is 9.70. The van der Waals surface area contributed by atoms with Crippen LogP contribution in [0.1, 0.15) is 63.0 Å². The van der Waals surface area contributed by atoms with E-state index in [9.17, 15) is 19.1 Å². The molecular weight excluding hydrogens is 489 g/mol. The summed E-state index contributed by atoms with van der Waals surface area (Å²) in [4.78, 5) is 28.2. The molecule has 0 bridgehead atoms. The van der Waals surface area contributed by atoms with Gasteiger partial charge in [0.05, 0.1) is 30.7 Å². The maximum atomic E-state index is 14.9. The zero-order chi connectivity index (χ0) is 28.6. The molecule has 206 valence electrons. The summed E-state index contributed by atoms with van der Waals surface area (Å²) in [6, 6.07) is 2.42. The number of amides is 2. The number of benzene rings is 1. The van der Waals surface area contributed by atoms with Gasteiger partial charge in [-0.25, -0.2) is 9.18 Å². The van der Waals surface area contributed by atoms with E-state index >= 15 is 0 Å². The Hall–Kier alpha value is -3.79. The summed E-state index contributed by atoms with van der Waals surface area (Å²) in [5.74, 6) is -1.19. The Bertz CT molecular complexity index is 1170. The SMILES string of the molecule is CC(C)=C(/C=C\C=C(/C)C(=N)N(C=N)C(C)CO)NC(=O)c1cc2c(cc1F)CCN(C(=O)OC(C)C)C2. The van der Waals surface area contributed by atoms with Crippen molar-refractivity contribution in [1.29, 1.82) is 10.8 Å². The highest BCUT2D eigenvalue weighted by Crippen LogP contribution is 2.24. The van der Waals surface area contributed by atoms with Gasteiger partial charge in [0.25, 0.3) is 5.91 Å². The highest BCUT2D eigenvalue weighted by atomic mass is 19.1. The van der Waals surface area contributed by atoms with E-state index in [2.05, 4.69) is 5.32 Å². The number of nitrogens with zero attached hydrogens (tertiary/aromatic N) is 2. The number of halogens is 1. The Morgan fingerprint density at radius 1 is 1.24 bits per heavy atom. The van der Waals surface area contributed by atoms with Gasteiger partial charge in [-0.3, -0.25) is 15.6 Å². The first kappa shape index (κ1) is 30.4. The summed E-state index contributed by atoms with van der Waals surface area (Å²) in [7, 11) is 0. The summed E-state index contributed by atoms with van der Waals surface area (Å²) in [5, 5.41) is 27.9. The Balaban J connectivity index is 2.20. The fourth-order valence-corrected chi connectivity index (χ4v) is 3.78. The molecule has 1 aromatic carbocycles. The van der Waals surface area contributed by atoms with Crippen LogP contribution >= 0.6 is 0 Å². The van der Waals surface area contributed by atoms with E-state index in [1.807, 2.05) is 0 Å². The van der Waals surface area contributed by atoms with Crippen LogP contribution < -0.4 is 5.32 Å². The molecule has 2 amide bonds. The van der Waals surface area contributed by atoms with Gasteiger partial charge in [0, 0.05) is 18.8 Å². The van der Waals surface area contributed by atoms with E-state index in [-0.39, 0.29) is 30.7 Å². The van der Waals surface area contributed by atoms with Crippen molar-refractivity contribution in [2.45, 2.75) is 66.7 Å². The van der Waals surface area contributed by atoms with E-state index in [1.54, 1.807) is 64.7 Å². The van der Waals surface area contributed by atoms with E-state index in [0.29, 0.717) is 29.8 Å². The molecule has 1 aliphatic heterocycles. The molecule has 1 heterocycles. The van der Waals surface area contributed by atoms with Gasteiger partial charge in [-0.2, -0.15) is 0 Å². The lowest BCUT2D eigenvalue weighted by molar-refractivity contribution is 0.0729. The minimum absolute atomic E-state index is 0.0661. The normalized spacial score (nSPS) is 14.1. The first-order chi connectivity index (χ1) is 17.9. The number of carbonyl (C=O) groups is 2. The van der Waals surface area contributed by atoms with Crippen LogP contribution in [0.15, 0.2) is 47.2 Å². The van der Waals surface area contributed by atoms with Crippen molar-refractivity contribution in [3.63, 3.8) is 0 Å². The number of ether oxygens (including phenoxy) is 1. The number of aliphatic hydroxyl groups excluding tert-OH is 1. The van der Waals surface area contributed by atoms with Crippen LogP contribution in [0.4, 0.5) is 9.18 Å². The van der Waals surface area contributed by atoms with Crippen LogP contribution in [0.2, 0.25) is 0 Å². The highest BCUT2D eigenvalue weighted by molar-refractivity contribution is 6.01. The molecule has 0 aliphatic carbocycles. The van der Waals surface area contributed by atoms with Crippen molar-refractivity contribution >= 4 is 24.2 Å². The molecule has 1 aromatic rings. The summed E-state index contributed by atoms with van der Waals surface area (Å²) < 4.78 is 20.2. The minimum atomic E-state index is -0.634. The van der Waals surface area contributed by atoms with E-state index < -0.39 is 23.9 Å². The van der Waals surface area contributed by atoms with Gasteiger partial charge in [-0.05, 0) is 82.9 Å². The molecule has 10 heteroatoms. The van der Waals surface area contributed by atoms with Crippen molar-refractivity contribution in [3.05, 3.63) is 69.7 Å². The molecule has 0 radical (unpaired) electrons. The lowest BCUT2D eigenvalue weighted by Gasteiger charge is -2.29. The van der Waals surface area contributed by atoms with E-state index in [0.717, 1.165) is 17.5 Å². The number of amidine groups is 1. The average Bonchev–Trinajstić information content (AvgIpc) is 2.86. The summed E-state index contributed by atoms with van der Waals surface area (Å²) in [6.07, 6.45) is 5.72. The molecular formula is C28H38FN5O4. The number of carbonyl (C=O) groups excluding carboxylic acids is 2. The molecule has 0 saturated carbocycles. The maximum absolute atomic E-state index is 14.9. The smallest absolute Gasteiger partial charge is 0.410 e. The molecule has 38 heavy (non-hydrogen) atoms. The second kappa shape index (κ2) is 13.7. The van der Waals surface area contributed by atoms with Crippen LogP contribution in [0.5, 0.6) is 0 Å². The van der Waals surface area contributed by atoms with Crippen LogP contribution in [-0.2, 0) is 17.7 Å². The largest absolute Gasteiger partial charge is 0.447 e. The first-order valence-corrected chi connectivity index (χ1v) is 12.5. The molecule has 0 spiro atoms. The fourth-order valence-electron chi connectivity index (χ4n) is 3.78. The van der Waals surface area contributed by atoms with Crippen molar-refractivity contribution < 1.29 is 23.8 Å². The third-order valence-corrected chi connectivity index (χ3v) is 6.05. The lowest BCUT2D eigenvalue weighted by atomic mass is 9.96. The van der Waals surface area contributed by atoms with Crippen LogP contribution in [0.3, 0.4) is 0 Å². The standard InChI is InChI=1S/C28H38FN5O4/c1-17(2)25(9-7-8-19(5)26(31)34(16-30)20(6)15-35)32-27(36)23-12-22-14-33(28(37)38-18(3)4)11-10-21(22)13-24(23)29/h7-9,12-13,16,18,20,30-31,35H,10-11,14-15H2,1-6H3,(H,32,36)/b9-7-,19-8+,30-16?,31-26?. The summed E-state index contributed by atoms with van der Waals surface area (Å²) in [6.45, 7) is 11.0. The van der Waals surface area contributed by atoms with Gasteiger partial charge in [-0.15, -0.1) is 0 Å². The third kappa shape index (κ3) is 7.85. The average molecular weight is 528 g/mol. The Morgan fingerprint density at radius 2 is 1.92 bits per heavy atom. The molecule has 1 unspecified atom stereocenters. The number of aliphatic hydroxyl groups is 1. The molecule has 4 N–H and O–H groups in total. The maximum Gasteiger partial charge on any atom is 0.410 e. The second-order valence-corrected chi connectivity index (χ2v) is 9.70. The number of fused-ring (bicyclic) bond motifs is 1. The summed E-state index contributed by atoms with van der Waals surface area (Å²) >= 11 is 0. The predicted molar refractivity (Wildman–Crippen MR) is 146 cm³/mol. The van der Waals surface area contributed by atoms with Crippen molar-refractivity contribution in [2.75, 3.05) is 13.2 Å². The van der Waals surface area contributed by atoms with Crippen LogP contribution in [0.25, 0.3) is 0 Å². The van der Waals surface area contributed by atoms with Gasteiger partial charge >= 0.3 is 6.09 Å². The molecule has 0 aromatic heterocycles. The van der Waals surface area contributed by atoms with E-state index in [1.165, 1.54) is 17.0 Å². The van der Waals surface area contributed by atoms with Gasteiger partial charge in [0.1, 0.15) is 11.7 Å². The summed E-state index contributed by atoms with van der Waals surface area (Å²) in [5.41, 5.74) is 3.13. The Kier molecular flexibility index (Phi) is 10.9. The molecule has 2 rings (SSSR count). The van der Waals surface area contributed by atoms with Crippen molar-refractivity contribution in [3.8, 4) is 0 Å². The topological polar surface area (TPSA) is 130 Å². The van der Waals surface area contributed by atoms with E-state index in [4.69, 9.17) is 15.6 Å². The fraction of sp³-hybridized carbons (Fsp3) is 0.429. The quantitative estimate of drug-likeness (QED) is 0.213. The van der Waals surface area contributed by atoms with Gasteiger partial charge in [0.2, 0.25) is 0 Å². The number of hydrogen-bond donors (Lipinski definition) is 4. The Morgan fingerprint density at radius 3 is 2.50 bits per heavy atom. The number of rotatable bonds is 9. The lowest BCUT2D eigenvalue weighted by Crippen LogP contribution is -2.39. The Labute approximate surface area is 223 Å². The van der Waals surface area contributed by atoms with Gasteiger partial charge < -0.3 is 25.0 Å². The van der Waals surface area contributed by atoms with Crippen molar-refractivity contribution in [2.24, 2.45) is 0 Å². The molecule has 9 nitrogen and oxygen atoms in total. The minimum Gasteiger partial charge on any atom is -0.447 e. The molecule has 0 saturated heterocycles. The predicted octanol–water partition coefficient (Wildman–Crippen LogP) is 4.52. The highest BCUT2D eigenvalue weighted by Gasteiger charge is 2.25.